The van der Waals surface area contributed by atoms with Crippen molar-refractivity contribution in [3.63, 3.8) is 0 Å². The molecule has 0 saturated carbocycles. The van der Waals surface area contributed by atoms with E-state index in [1.54, 1.807) is 23.5 Å². The summed E-state index contributed by atoms with van der Waals surface area (Å²) in [5.74, 6) is 0.358. The molecular formula is C52H47IrN3OS-2. The van der Waals surface area contributed by atoms with Crippen molar-refractivity contribution < 1.29 is 32.7 Å². The summed E-state index contributed by atoms with van der Waals surface area (Å²) in [4.78, 5) is 14.2. The molecule has 0 aliphatic rings. The summed E-state index contributed by atoms with van der Waals surface area (Å²) in [6.45, 7) is 11.0. The number of hydrogen-bond acceptors (Lipinski definition) is 5. The Morgan fingerprint density at radius 2 is 1.48 bits per heavy atom. The molecule has 0 atom stereocenters. The molecule has 0 aliphatic carbocycles. The van der Waals surface area contributed by atoms with Crippen LogP contribution in [0.15, 0.2) is 120 Å². The van der Waals surface area contributed by atoms with E-state index in [1.165, 1.54) is 46.1 Å². The van der Waals surface area contributed by atoms with Crippen molar-refractivity contribution in [2.45, 2.75) is 73.5 Å². The van der Waals surface area contributed by atoms with Gasteiger partial charge in [0.25, 0.3) is 0 Å². The second-order valence-electron chi connectivity index (χ2n) is 15.8. The first-order valence-corrected chi connectivity index (χ1v) is 19.9. The van der Waals surface area contributed by atoms with Gasteiger partial charge in [0.15, 0.2) is 0 Å². The van der Waals surface area contributed by atoms with E-state index >= 15 is 0 Å². The third kappa shape index (κ3) is 7.94. The summed E-state index contributed by atoms with van der Waals surface area (Å²) in [6.07, 6.45) is 3.39. The van der Waals surface area contributed by atoms with Gasteiger partial charge >= 0.3 is 0 Å². The van der Waals surface area contributed by atoms with Gasteiger partial charge in [-0.15, -0.1) is 64.9 Å². The fourth-order valence-electron chi connectivity index (χ4n) is 7.26. The zero-order valence-corrected chi connectivity index (χ0v) is 36.8. The Hall–Kier alpha value is -5.26. The number of benzene rings is 5. The van der Waals surface area contributed by atoms with Crippen LogP contribution < -0.4 is 0 Å². The monoisotopic (exact) mass is 960 g/mol. The van der Waals surface area contributed by atoms with Gasteiger partial charge in [0.05, 0.1) is 15.3 Å². The maximum absolute atomic E-state index is 7.76. The maximum Gasteiger partial charge on any atom is 0.148 e. The van der Waals surface area contributed by atoms with E-state index in [9.17, 15) is 0 Å². The first kappa shape index (κ1) is 33.7. The second-order valence-corrected chi connectivity index (χ2v) is 16.8. The molecule has 9 aromatic rings. The molecule has 4 nitrogen and oxygen atoms in total. The van der Waals surface area contributed by atoms with Crippen LogP contribution in [0.4, 0.5) is 0 Å². The minimum Gasteiger partial charge on any atom is -0.498 e. The van der Waals surface area contributed by atoms with Gasteiger partial charge in [0.2, 0.25) is 0 Å². The molecule has 1 radical (unpaired) electrons. The van der Waals surface area contributed by atoms with Gasteiger partial charge in [-0.25, -0.2) is 4.98 Å². The van der Waals surface area contributed by atoms with Gasteiger partial charge < -0.3 is 14.4 Å². The molecule has 9 rings (SSSR count). The Balaban J connectivity index is 0.000000201. The van der Waals surface area contributed by atoms with Crippen LogP contribution in [0.25, 0.3) is 76.9 Å². The van der Waals surface area contributed by atoms with Gasteiger partial charge in [0, 0.05) is 51.5 Å². The molecule has 0 aliphatic heterocycles. The number of thiazole rings is 1. The standard InChI is InChI=1S/C33H31N2OS.C19H16N.Ir/c1-18(2)25-17-34-26(16-24(25)28-19(3)10-8-11-20(28)4)23-13-9-12-21-22-14-15-27-29(31(22)36-30(21)23)35-32(37-27)33(5,6)7;1-14-8-10-17(11-9-14)19-12-18(15(2)13-20-19)16-6-4-3-5-7-16;/h8-12,14-18H,1-7H3;3-10,12-13H,1-2H3;/q2*-1;/i;1D3,2D3;. The van der Waals surface area contributed by atoms with Crippen LogP contribution in [-0.2, 0) is 25.5 Å². The third-order valence-electron chi connectivity index (χ3n) is 10.2. The molecule has 0 N–H and O–H groups in total. The number of furan rings is 1. The molecule has 293 valence electrons. The van der Waals surface area contributed by atoms with Gasteiger partial charge in [-0.05, 0) is 88.6 Å². The van der Waals surface area contributed by atoms with Crippen molar-refractivity contribution in [3.8, 4) is 44.8 Å². The number of pyridine rings is 2. The molecular weight excluding hydrogens is 907 g/mol. The average Bonchev–Trinajstić information content (AvgIpc) is 3.86. The molecule has 58 heavy (non-hydrogen) atoms. The summed E-state index contributed by atoms with van der Waals surface area (Å²) >= 11 is 1.74. The smallest absolute Gasteiger partial charge is 0.148 e. The Bertz CT molecular complexity index is 3110. The molecule has 5 aromatic carbocycles. The molecule has 0 spiro atoms. The first-order valence-electron chi connectivity index (χ1n) is 22.1. The Labute approximate surface area is 368 Å². The van der Waals surface area contributed by atoms with Crippen LogP contribution in [0, 0.1) is 39.7 Å². The van der Waals surface area contributed by atoms with Crippen LogP contribution >= 0.6 is 11.3 Å². The normalized spacial score (nSPS) is 13.5. The Morgan fingerprint density at radius 1 is 0.741 bits per heavy atom. The van der Waals surface area contributed by atoms with E-state index in [-0.39, 0.29) is 36.6 Å². The number of rotatable bonds is 5. The molecule has 0 unspecified atom stereocenters. The fraction of sp³-hybridized carbons (Fsp3) is 0.212. The van der Waals surface area contributed by atoms with Gasteiger partial charge in [-0.2, -0.15) is 0 Å². The molecule has 0 amide bonds. The molecule has 0 fully saturated rings. The number of aromatic nitrogens is 3. The minimum absolute atomic E-state index is 0. The predicted molar refractivity (Wildman–Crippen MR) is 240 cm³/mol. The summed E-state index contributed by atoms with van der Waals surface area (Å²) in [6, 6.07) is 39.0. The van der Waals surface area contributed by atoms with E-state index in [0.29, 0.717) is 22.7 Å². The number of fused-ring (bicyclic) bond motifs is 5. The average molecular weight is 960 g/mol. The zero-order chi connectivity index (χ0) is 45.0. The first-order chi connectivity index (χ1) is 29.8. The van der Waals surface area contributed by atoms with Crippen molar-refractivity contribution in [1.82, 2.24) is 15.0 Å². The van der Waals surface area contributed by atoms with Crippen molar-refractivity contribution in [2.75, 3.05) is 0 Å². The van der Waals surface area contributed by atoms with Crippen LogP contribution in [-0.4, -0.2) is 15.0 Å². The third-order valence-corrected chi connectivity index (χ3v) is 11.7. The van der Waals surface area contributed by atoms with E-state index in [0.717, 1.165) is 54.0 Å². The number of nitrogens with zero attached hydrogens (tertiary/aromatic N) is 3. The largest absolute Gasteiger partial charge is 0.498 e. The van der Waals surface area contributed by atoms with Gasteiger partial charge in [-0.1, -0.05) is 119 Å². The molecule has 4 aromatic heterocycles. The Kier molecular flexibility index (Phi) is 9.61. The van der Waals surface area contributed by atoms with E-state index in [1.807, 2.05) is 42.6 Å². The summed E-state index contributed by atoms with van der Waals surface area (Å²) in [7, 11) is 0. The summed E-state index contributed by atoms with van der Waals surface area (Å²) in [5.41, 5.74) is 13.5. The minimum atomic E-state index is -2.29. The Morgan fingerprint density at radius 3 is 2.17 bits per heavy atom. The van der Waals surface area contributed by atoms with E-state index in [2.05, 4.69) is 108 Å². The van der Waals surface area contributed by atoms with Crippen LogP contribution in [0.2, 0.25) is 0 Å². The molecule has 4 heterocycles. The van der Waals surface area contributed by atoms with Gasteiger partial charge in [0.1, 0.15) is 11.1 Å². The van der Waals surface area contributed by atoms with Crippen molar-refractivity contribution in [3.05, 3.63) is 160 Å². The van der Waals surface area contributed by atoms with Crippen LogP contribution in [0.1, 0.15) is 81.6 Å². The maximum atomic E-state index is 7.76. The zero-order valence-electron chi connectivity index (χ0n) is 39.5. The van der Waals surface area contributed by atoms with Crippen molar-refractivity contribution in [1.29, 1.82) is 0 Å². The topological polar surface area (TPSA) is 51.8 Å². The quantitative estimate of drug-likeness (QED) is 0.161. The van der Waals surface area contributed by atoms with Crippen molar-refractivity contribution in [2.24, 2.45) is 0 Å². The summed E-state index contributed by atoms with van der Waals surface area (Å²) < 4.78 is 53.3. The number of hydrogen-bond donors (Lipinski definition) is 0. The predicted octanol–water partition coefficient (Wildman–Crippen LogP) is 14.6. The SMILES string of the molecule is Cc1cccc(C)c1-c1cc(-c2[c-]ccc3c2oc2c3ccc3sc(C(C)(C)C)nc32)ncc1C(C)C.[2H]C([2H])([2H])c1c[c-]c(-c2cc(-c3ccccc3)c(C([2H])([2H])[2H])cn2)cc1.[Ir]. The second kappa shape index (κ2) is 16.5. The molecule has 0 bridgehead atoms. The number of aryl methyl sites for hydroxylation is 4. The summed E-state index contributed by atoms with van der Waals surface area (Å²) in [5, 5.41) is 3.27. The van der Waals surface area contributed by atoms with Crippen LogP contribution in [0.5, 0.6) is 0 Å². The van der Waals surface area contributed by atoms with Crippen molar-refractivity contribution >= 4 is 43.5 Å². The van der Waals surface area contributed by atoms with Crippen LogP contribution in [0.3, 0.4) is 0 Å². The van der Waals surface area contributed by atoms with E-state index < -0.39 is 13.7 Å². The molecule has 0 saturated heterocycles. The fourth-order valence-corrected chi connectivity index (χ4v) is 8.29. The molecule has 6 heteroatoms. The van der Waals surface area contributed by atoms with Gasteiger partial charge in [-0.3, -0.25) is 0 Å². The van der Waals surface area contributed by atoms with E-state index in [4.69, 9.17) is 22.6 Å².